The lowest BCUT2D eigenvalue weighted by Gasteiger charge is -2.15. The highest BCUT2D eigenvalue weighted by atomic mass is 32.2. The molecule has 0 amide bonds. The van der Waals surface area contributed by atoms with E-state index in [1.165, 1.54) is 12.1 Å². The van der Waals surface area contributed by atoms with E-state index in [9.17, 15) is 26.4 Å². The van der Waals surface area contributed by atoms with E-state index in [0.717, 1.165) is 16.9 Å². The number of nitrogens with one attached hydrogen (secondary N) is 1. The van der Waals surface area contributed by atoms with Gasteiger partial charge < -0.3 is 9.26 Å². The smallest absolute Gasteiger partial charge is 0.452 e. The Labute approximate surface area is 177 Å². The summed E-state index contributed by atoms with van der Waals surface area (Å²) in [6.07, 6.45) is -4.70. The maximum atomic E-state index is 13.0. The Morgan fingerprint density at radius 3 is 2.58 bits per heavy atom. The molecule has 3 aromatic rings. The topological polar surface area (TPSA) is 98.5 Å². The molecule has 0 spiro atoms. The molecule has 2 aliphatic rings. The van der Waals surface area contributed by atoms with Crippen LogP contribution in [0.4, 0.5) is 13.2 Å². The van der Waals surface area contributed by atoms with Crippen molar-refractivity contribution in [2.75, 3.05) is 6.61 Å². The van der Waals surface area contributed by atoms with E-state index in [2.05, 4.69) is 14.4 Å². The second kappa shape index (κ2) is 6.65. The number of thiophene rings is 1. The minimum Gasteiger partial charge on any atom is -0.464 e. The van der Waals surface area contributed by atoms with Crippen LogP contribution in [0.2, 0.25) is 0 Å². The van der Waals surface area contributed by atoms with Crippen molar-refractivity contribution in [3.05, 3.63) is 59.9 Å². The lowest BCUT2D eigenvalue weighted by Crippen LogP contribution is -2.43. The molecule has 162 valence electrons. The molecule has 1 saturated heterocycles. The first-order valence-electron chi connectivity index (χ1n) is 9.03. The molecule has 7 nitrogen and oxygen atoms in total. The summed E-state index contributed by atoms with van der Waals surface area (Å²) in [7, 11) is -4.16. The van der Waals surface area contributed by atoms with Crippen molar-refractivity contribution in [3.8, 4) is 10.6 Å². The monoisotopic (exact) mass is 470 g/mol. The van der Waals surface area contributed by atoms with Crippen molar-refractivity contribution in [1.82, 2.24) is 9.88 Å². The number of carbonyl (C=O) groups is 1. The van der Waals surface area contributed by atoms with Crippen LogP contribution in [0, 0.1) is 5.92 Å². The molecule has 1 aliphatic carbocycles. The van der Waals surface area contributed by atoms with E-state index in [-0.39, 0.29) is 33.2 Å². The molecule has 1 N–H and O–H groups in total. The summed E-state index contributed by atoms with van der Waals surface area (Å²) in [6.45, 7) is 0.107. The van der Waals surface area contributed by atoms with Gasteiger partial charge in [-0.05, 0) is 17.7 Å². The van der Waals surface area contributed by atoms with Crippen molar-refractivity contribution in [1.29, 1.82) is 0 Å². The Kier molecular flexibility index (Phi) is 4.33. The number of rotatable bonds is 5. The third-order valence-electron chi connectivity index (χ3n) is 5.45. The van der Waals surface area contributed by atoms with Crippen molar-refractivity contribution < 1.29 is 35.6 Å². The molecule has 3 heterocycles. The summed E-state index contributed by atoms with van der Waals surface area (Å²) >= 11 is 0.723. The Morgan fingerprint density at radius 1 is 1.16 bits per heavy atom. The highest BCUT2D eigenvalue weighted by molar-refractivity contribution is 7.91. The number of aromatic nitrogens is 1. The summed E-state index contributed by atoms with van der Waals surface area (Å²) in [4.78, 5) is 12.7. The summed E-state index contributed by atoms with van der Waals surface area (Å²) in [6, 6.07) is 12.3. The third-order valence-corrected chi connectivity index (χ3v) is 8.53. The van der Waals surface area contributed by atoms with Gasteiger partial charge in [-0.2, -0.15) is 17.9 Å². The fourth-order valence-electron chi connectivity index (χ4n) is 3.99. The lowest BCUT2D eigenvalue weighted by molar-refractivity contribution is -0.155. The number of fused-ring (bicyclic) bond motifs is 1. The second-order valence-corrected chi connectivity index (χ2v) is 10.3. The molecule has 2 unspecified atom stereocenters. The molecule has 1 saturated carbocycles. The summed E-state index contributed by atoms with van der Waals surface area (Å²) in [5, 5.41) is 3.36. The zero-order chi connectivity index (χ0) is 22.0. The zero-order valence-electron chi connectivity index (χ0n) is 15.4. The Hall–Kier alpha value is -2.70. The normalized spacial score (nSPS) is 25.3. The van der Waals surface area contributed by atoms with Gasteiger partial charge in [0.2, 0.25) is 5.76 Å². The van der Waals surface area contributed by atoms with Crippen LogP contribution in [0.15, 0.2) is 57.3 Å². The van der Waals surface area contributed by atoms with Crippen molar-refractivity contribution in [3.63, 3.8) is 0 Å². The predicted octanol–water partition coefficient (Wildman–Crippen LogP) is 3.41. The van der Waals surface area contributed by atoms with Crippen LogP contribution >= 0.6 is 11.3 Å². The van der Waals surface area contributed by atoms with Gasteiger partial charge in [-0.3, -0.25) is 0 Å². The number of alkyl halides is 3. The van der Waals surface area contributed by atoms with Crippen LogP contribution in [0.3, 0.4) is 0 Å². The first kappa shape index (κ1) is 20.2. The lowest BCUT2D eigenvalue weighted by atomic mass is 10.1. The number of nitrogens with zero attached hydrogens (tertiary/aromatic N) is 1. The molecule has 31 heavy (non-hydrogen) atoms. The Balaban J connectivity index is 1.43. The van der Waals surface area contributed by atoms with Gasteiger partial charge in [0.1, 0.15) is 15.4 Å². The maximum Gasteiger partial charge on any atom is 0.452 e. The van der Waals surface area contributed by atoms with Crippen LogP contribution in [-0.4, -0.2) is 31.7 Å². The summed E-state index contributed by atoms with van der Waals surface area (Å²) in [5.74, 6) is -2.61. The number of sulfonamides is 1. The Bertz CT molecular complexity index is 1270. The molecular weight excluding hydrogens is 457 g/mol. The largest absolute Gasteiger partial charge is 0.464 e. The number of hydrogen-bond acceptors (Lipinski definition) is 7. The molecule has 0 bridgehead atoms. The maximum absolute atomic E-state index is 13.0. The van der Waals surface area contributed by atoms with Gasteiger partial charge in [-0.1, -0.05) is 35.5 Å². The van der Waals surface area contributed by atoms with E-state index in [1.807, 2.05) is 18.2 Å². The Morgan fingerprint density at radius 2 is 1.90 bits per heavy atom. The van der Waals surface area contributed by atoms with Gasteiger partial charge in [0, 0.05) is 17.9 Å². The number of carbonyl (C=O) groups excluding carboxylic acids is 1. The predicted molar refractivity (Wildman–Crippen MR) is 102 cm³/mol. The van der Waals surface area contributed by atoms with E-state index >= 15 is 0 Å². The van der Waals surface area contributed by atoms with E-state index in [0.29, 0.717) is 6.07 Å². The number of halogens is 3. The quantitative estimate of drug-likeness (QED) is 0.574. The first-order chi connectivity index (χ1) is 14.6. The molecule has 0 radical (unpaired) electrons. The third kappa shape index (κ3) is 3.17. The van der Waals surface area contributed by atoms with Gasteiger partial charge in [0.05, 0.1) is 11.5 Å². The summed E-state index contributed by atoms with van der Waals surface area (Å²) < 4.78 is 75.9. The van der Waals surface area contributed by atoms with Gasteiger partial charge in [-0.25, -0.2) is 13.2 Å². The average Bonchev–Trinajstić information content (AvgIpc) is 3.20. The van der Waals surface area contributed by atoms with E-state index in [4.69, 9.17) is 4.74 Å². The standard InChI is InChI=1S/C19H13F3N2O5S2/c20-19(21,22)14-8-12(23-29-14)13-6-7-15(30-13)31(26,27)24-18-11(9-28-17(18)25)16(18)10-4-2-1-3-5-10/h1-8,11,16,24H,9H2/t11?,16?,18-/m1/s1. The average molecular weight is 470 g/mol. The molecule has 2 aromatic heterocycles. The van der Waals surface area contributed by atoms with Crippen LogP contribution in [0.25, 0.3) is 10.6 Å². The number of esters is 1. The second-order valence-electron chi connectivity index (χ2n) is 7.26. The molecule has 1 aromatic carbocycles. The summed E-state index contributed by atoms with van der Waals surface area (Å²) in [5.41, 5.74) is -0.702. The van der Waals surface area contributed by atoms with Gasteiger partial charge in [0.25, 0.3) is 10.0 Å². The van der Waals surface area contributed by atoms with Gasteiger partial charge in [-0.15, -0.1) is 11.3 Å². The zero-order valence-corrected chi connectivity index (χ0v) is 17.1. The SMILES string of the molecule is O=C1OCC2C(c3ccccc3)[C@@]12NS(=O)(=O)c1ccc(-c2cc(C(F)(F)F)on2)s1. The van der Waals surface area contributed by atoms with Crippen molar-refractivity contribution >= 4 is 27.3 Å². The van der Waals surface area contributed by atoms with Gasteiger partial charge in [0.15, 0.2) is 0 Å². The molecular formula is C19H13F3N2O5S2. The minimum atomic E-state index is -4.70. The van der Waals surface area contributed by atoms with Crippen LogP contribution in [-0.2, 0) is 25.7 Å². The number of hydrogen-bond donors (Lipinski definition) is 1. The fourth-order valence-corrected chi connectivity index (χ4v) is 6.66. The highest BCUT2D eigenvalue weighted by Gasteiger charge is 2.76. The van der Waals surface area contributed by atoms with Crippen LogP contribution < -0.4 is 4.72 Å². The number of benzene rings is 1. The van der Waals surface area contributed by atoms with Crippen molar-refractivity contribution in [2.45, 2.75) is 21.8 Å². The highest BCUT2D eigenvalue weighted by Crippen LogP contribution is 2.62. The van der Waals surface area contributed by atoms with E-state index < -0.39 is 33.5 Å². The van der Waals surface area contributed by atoms with Crippen LogP contribution in [0.5, 0.6) is 0 Å². The van der Waals surface area contributed by atoms with Crippen LogP contribution in [0.1, 0.15) is 17.2 Å². The fraction of sp³-hybridized carbons (Fsp3) is 0.263. The van der Waals surface area contributed by atoms with Crippen molar-refractivity contribution in [2.24, 2.45) is 5.92 Å². The molecule has 12 heteroatoms. The molecule has 3 atom stereocenters. The minimum absolute atomic E-state index is 0.107. The molecule has 1 aliphatic heterocycles. The van der Waals surface area contributed by atoms with E-state index in [1.54, 1.807) is 12.1 Å². The van der Waals surface area contributed by atoms with Gasteiger partial charge >= 0.3 is 12.1 Å². The molecule has 5 rings (SSSR count). The number of cyclic esters (lactones) is 1. The first-order valence-corrected chi connectivity index (χ1v) is 11.3. The molecule has 2 fully saturated rings. The number of ether oxygens (including phenoxy) is 1.